The number of aliphatic hydroxyl groups excluding tert-OH is 1. The SMILES string of the molecule is CCC(C#N)C(O)c1cccnc1. The van der Waals surface area contributed by atoms with E-state index in [9.17, 15) is 5.11 Å². The van der Waals surface area contributed by atoms with Crippen molar-refractivity contribution in [1.82, 2.24) is 4.98 Å². The molecule has 0 saturated heterocycles. The van der Waals surface area contributed by atoms with E-state index >= 15 is 0 Å². The molecule has 0 spiro atoms. The Bertz CT molecular complexity index is 292. The van der Waals surface area contributed by atoms with Crippen molar-refractivity contribution in [3.05, 3.63) is 30.1 Å². The highest BCUT2D eigenvalue weighted by molar-refractivity contribution is 5.14. The van der Waals surface area contributed by atoms with Crippen molar-refractivity contribution in [2.24, 2.45) is 5.92 Å². The second-order valence-corrected chi connectivity index (χ2v) is 2.88. The highest BCUT2D eigenvalue weighted by atomic mass is 16.3. The summed E-state index contributed by atoms with van der Waals surface area (Å²) >= 11 is 0. The lowest BCUT2D eigenvalue weighted by molar-refractivity contribution is 0.132. The summed E-state index contributed by atoms with van der Waals surface area (Å²) < 4.78 is 0. The minimum Gasteiger partial charge on any atom is -0.387 e. The van der Waals surface area contributed by atoms with Gasteiger partial charge in [0.1, 0.15) is 0 Å². The molecular formula is C10H12N2O. The number of nitrogens with zero attached hydrogens (tertiary/aromatic N) is 2. The molecule has 0 aromatic carbocycles. The minimum absolute atomic E-state index is 0.343. The predicted molar refractivity (Wildman–Crippen MR) is 48.6 cm³/mol. The molecule has 2 unspecified atom stereocenters. The Morgan fingerprint density at radius 2 is 2.46 bits per heavy atom. The van der Waals surface area contributed by atoms with Crippen molar-refractivity contribution in [3.8, 4) is 6.07 Å². The molecule has 0 fully saturated rings. The van der Waals surface area contributed by atoms with E-state index in [1.807, 2.05) is 6.92 Å². The van der Waals surface area contributed by atoms with E-state index in [0.717, 1.165) is 0 Å². The summed E-state index contributed by atoms with van der Waals surface area (Å²) in [6.07, 6.45) is 3.16. The zero-order valence-corrected chi connectivity index (χ0v) is 7.51. The van der Waals surface area contributed by atoms with Crippen LogP contribution in [0.15, 0.2) is 24.5 Å². The molecule has 3 heteroatoms. The van der Waals surface area contributed by atoms with Crippen LogP contribution >= 0.6 is 0 Å². The summed E-state index contributed by atoms with van der Waals surface area (Å²) in [5, 5.41) is 18.4. The van der Waals surface area contributed by atoms with Gasteiger partial charge in [-0.1, -0.05) is 13.0 Å². The molecule has 1 N–H and O–H groups in total. The van der Waals surface area contributed by atoms with Gasteiger partial charge in [0.25, 0.3) is 0 Å². The maximum absolute atomic E-state index is 9.72. The van der Waals surface area contributed by atoms with Gasteiger partial charge in [-0.25, -0.2) is 0 Å². The van der Waals surface area contributed by atoms with Crippen molar-refractivity contribution in [3.63, 3.8) is 0 Å². The summed E-state index contributed by atoms with van der Waals surface area (Å²) in [4.78, 5) is 3.89. The molecule has 0 amide bonds. The van der Waals surface area contributed by atoms with Crippen molar-refractivity contribution in [2.45, 2.75) is 19.4 Å². The Hall–Kier alpha value is -1.40. The van der Waals surface area contributed by atoms with E-state index in [1.54, 1.807) is 24.5 Å². The highest BCUT2D eigenvalue weighted by Crippen LogP contribution is 2.22. The molecule has 0 radical (unpaired) electrons. The van der Waals surface area contributed by atoms with Crippen LogP contribution in [-0.2, 0) is 0 Å². The largest absolute Gasteiger partial charge is 0.387 e. The standard InChI is InChI=1S/C10H12N2O/c1-2-8(6-11)10(13)9-4-3-5-12-7-9/h3-5,7-8,10,13H,2H2,1H3. The monoisotopic (exact) mass is 176 g/mol. The van der Waals surface area contributed by atoms with Gasteiger partial charge in [0.05, 0.1) is 18.1 Å². The summed E-state index contributed by atoms with van der Waals surface area (Å²) in [6, 6.07) is 5.60. The number of nitriles is 1. The van der Waals surface area contributed by atoms with Crippen molar-refractivity contribution in [2.75, 3.05) is 0 Å². The quantitative estimate of drug-likeness (QED) is 0.762. The van der Waals surface area contributed by atoms with E-state index in [0.29, 0.717) is 12.0 Å². The van der Waals surface area contributed by atoms with Crippen LogP contribution in [0.1, 0.15) is 25.0 Å². The number of aromatic nitrogens is 1. The molecule has 1 rings (SSSR count). The maximum atomic E-state index is 9.72. The molecule has 68 valence electrons. The molecule has 2 atom stereocenters. The number of aliphatic hydroxyl groups is 1. The molecule has 0 saturated carbocycles. The van der Waals surface area contributed by atoms with Crippen LogP contribution < -0.4 is 0 Å². The van der Waals surface area contributed by atoms with Crippen LogP contribution in [0.5, 0.6) is 0 Å². The van der Waals surface area contributed by atoms with Crippen LogP contribution in [0, 0.1) is 17.2 Å². The first-order valence-corrected chi connectivity index (χ1v) is 4.27. The van der Waals surface area contributed by atoms with Gasteiger partial charge >= 0.3 is 0 Å². The van der Waals surface area contributed by atoms with E-state index in [2.05, 4.69) is 11.1 Å². The van der Waals surface area contributed by atoms with Crippen molar-refractivity contribution < 1.29 is 5.11 Å². The van der Waals surface area contributed by atoms with Gasteiger partial charge in [-0.3, -0.25) is 4.98 Å². The number of pyridine rings is 1. The van der Waals surface area contributed by atoms with E-state index in [1.165, 1.54) is 0 Å². The lowest BCUT2D eigenvalue weighted by Crippen LogP contribution is -2.09. The zero-order valence-electron chi connectivity index (χ0n) is 7.51. The van der Waals surface area contributed by atoms with Gasteiger partial charge < -0.3 is 5.11 Å². The first-order chi connectivity index (χ1) is 6.29. The van der Waals surface area contributed by atoms with Crippen molar-refractivity contribution >= 4 is 0 Å². The Morgan fingerprint density at radius 3 is 2.92 bits per heavy atom. The average Bonchev–Trinajstić information content (AvgIpc) is 2.21. The molecule has 0 aliphatic carbocycles. The van der Waals surface area contributed by atoms with Crippen LogP contribution in [-0.4, -0.2) is 10.1 Å². The number of hydrogen-bond donors (Lipinski definition) is 1. The molecule has 1 aromatic rings. The number of hydrogen-bond acceptors (Lipinski definition) is 3. The van der Waals surface area contributed by atoms with Gasteiger partial charge in [-0.15, -0.1) is 0 Å². The summed E-state index contributed by atoms with van der Waals surface area (Å²) in [7, 11) is 0. The van der Waals surface area contributed by atoms with Gasteiger partial charge in [-0.05, 0) is 12.5 Å². The first-order valence-electron chi connectivity index (χ1n) is 4.27. The number of rotatable bonds is 3. The van der Waals surface area contributed by atoms with Crippen LogP contribution in [0.4, 0.5) is 0 Å². The van der Waals surface area contributed by atoms with Crippen LogP contribution in [0.25, 0.3) is 0 Å². The Kier molecular flexibility index (Phi) is 3.41. The van der Waals surface area contributed by atoms with Crippen LogP contribution in [0.3, 0.4) is 0 Å². The molecule has 0 aliphatic heterocycles. The molecule has 1 aromatic heterocycles. The summed E-state index contributed by atoms with van der Waals surface area (Å²) in [5.41, 5.74) is 0.705. The van der Waals surface area contributed by atoms with E-state index in [-0.39, 0.29) is 5.92 Å². The van der Waals surface area contributed by atoms with E-state index < -0.39 is 6.10 Å². The maximum Gasteiger partial charge on any atom is 0.0962 e. The van der Waals surface area contributed by atoms with E-state index in [4.69, 9.17) is 5.26 Å². The topological polar surface area (TPSA) is 56.9 Å². The fourth-order valence-corrected chi connectivity index (χ4v) is 1.17. The summed E-state index contributed by atoms with van der Waals surface area (Å²) in [5.74, 6) is -0.343. The third-order valence-electron chi connectivity index (χ3n) is 2.01. The highest BCUT2D eigenvalue weighted by Gasteiger charge is 2.18. The molecule has 0 aliphatic rings. The Balaban J connectivity index is 2.79. The smallest absolute Gasteiger partial charge is 0.0962 e. The molecular weight excluding hydrogens is 164 g/mol. The summed E-state index contributed by atoms with van der Waals surface area (Å²) in [6.45, 7) is 1.88. The second kappa shape index (κ2) is 4.58. The average molecular weight is 176 g/mol. The molecule has 13 heavy (non-hydrogen) atoms. The molecule has 0 bridgehead atoms. The third-order valence-corrected chi connectivity index (χ3v) is 2.01. The molecule has 1 heterocycles. The minimum atomic E-state index is -0.719. The predicted octanol–water partition coefficient (Wildman–Crippen LogP) is 1.66. The van der Waals surface area contributed by atoms with Crippen molar-refractivity contribution in [1.29, 1.82) is 5.26 Å². The third kappa shape index (κ3) is 2.27. The van der Waals surface area contributed by atoms with Gasteiger partial charge in [0.2, 0.25) is 0 Å². The first kappa shape index (κ1) is 9.69. The normalized spacial score (nSPS) is 14.5. The van der Waals surface area contributed by atoms with Crippen LogP contribution in [0.2, 0.25) is 0 Å². The van der Waals surface area contributed by atoms with Gasteiger partial charge in [-0.2, -0.15) is 5.26 Å². The van der Waals surface area contributed by atoms with Gasteiger partial charge in [0, 0.05) is 18.0 Å². The lowest BCUT2D eigenvalue weighted by Gasteiger charge is -2.14. The zero-order chi connectivity index (χ0) is 9.68. The lowest BCUT2D eigenvalue weighted by atomic mass is 9.96. The Morgan fingerprint density at radius 1 is 1.69 bits per heavy atom. The van der Waals surface area contributed by atoms with Gasteiger partial charge in [0.15, 0.2) is 0 Å². The second-order valence-electron chi connectivity index (χ2n) is 2.88. The molecule has 3 nitrogen and oxygen atoms in total. The fourth-order valence-electron chi connectivity index (χ4n) is 1.17. The Labute approximate surface area is 77.7 Å². The fraction of sp³-hybridized carbons (Fsp3) is 0.400.